The van der Waals surface area contributed by atoms with Crippen LogP contribution in [-0.4, -0.2) is 43.2 Å². The van der Waals surface area contributed by atoms with Crippen molar-refractivity contribution >= 4 is 22.4 Å². The summed E-state index contributed by atoms with van der Waals surface area (Å²) in [6.45, 7) is 4.97. The highest BCUT2D eigenvalue weighted by Gasteiger charge is 2.18. The highest BCUT2D eigenvalue weighted by molar-refractivity contribution is 5.94. The third-order valence-electron chi connectivity index (χ3n) is 5.65. The van der Waals surface area contributed by atoms with Crippen molar-refractivity contribution in [1.29, 1.82) is 0 Å². The van der Waals surface area contributed by atoms with E-state index in [0.717, 1.165) is 40.0 Å². The minimum absolute atomic E-state index is 0.701. The van der Waals surface area contributed by atoms with E-state index < -0.39 is 0 Å². The Morgan fingerprint density at radius 2 is 1.80 bits per heavy atom. The number of anilines is 1. The third kappa shape index (κ3) is 2.90. The Bertz CT molecular complexity index is 1350. The molecule has 30 heavy (non-hydrogen) atoms. The molecule has 0 fully saturated rings. The molecule has 0 N–H and O–H groups in total. The lowest BCUT2D eigenvalue weighted by atomic mass is 10.2. The standard InChI is InChI=1S/C23H23N7/c1-15-16(2)29(13-17-6-5-11-24-12-17)22-20(15)23-26-21(27-30(23)14-25-22)18-7-9-19(10-8-18)28(3)4/h5-12,14H,13H2,1-4H3. The predicted octanol–water partition coefficient (Wildman–Crippen LogP) is 3.87. The zero-order chi connectivity index (χ0) is 20.8. The van der Waals surface area contributed by atoms with E-state index >= 15 is 0 Å². The Balaban J connectivity index is 1.64. The zero-order valence-electron chi connectivity index (χ0n) is 17.5. The topological polar surface area (TPSA) is 64.1 Å². The van der Waals surface area contributed by atoms with Gasteiger partial charge in [0.15, 0.2) is 11.5 Å². The van der Waals surface area contributed by atoms with Crippen molar-refractivity contribution in [3.63, 3.8) is 0 Å². The van der Waals surface area contributed by atoms with E-state index in [0.29, 0.717) is 5.82 Å². The summed E-state index contributed by atoms with van der Waals surface area (Å²) in [7, 11) is 4.06. The second kappa shape index (κ2) is 6.95. The van der Waals surface area contributed by atoms with Crippen molar-refractivity contribution in [2.24, 2.45) is 0 Å². The minimum atomic E-state index is 0.701. The van der Waals surface area contributed by atoms with E-state index in [4.69, 9.17) is 9.97 Å². The number of aromatic nitrogens is 6. The Morgan fingerprint density at radius 3 is 2.50 bits per heavy atom. The van der Waals surface area contributed by atoms with Gasteiger partial charge in [0, 0.05) is 43.4 Å². The van der Waals surface area contributed by atoms with Gasteiger partial charge < -0.3 is 9.47 Å². The van der Waals surface area contributed by atoms with Crippen molar-refractivity contribution in [2.45, 2.75) is 20.4 Å². The van der Waals surface area contributed by atoms with Gasteiger partial charge in [0.2, 0.25) is 0 Å². The van der Waals surface area contributed by atoms with Crippen LogP contribution in [0.15, 0.2) is 55.1 Å². The van der Waals surface area contributed by atoms with Gasteiger partial charge in [-0.3, -0.25) is 4.98 Å². The van der Waals surface area contributed by atoms with E-state index in [2.05, 4.69) is 63.7 Å². The molecule has 0 aliphatic heterocycles. The monoisotopic (exact) mass is 397 g/mol. The van der Waals surface area contributed by atoms with Gasteiger partial charge in [-0.15, -0.1) is 5.10 Å². The molecule has 4 aromatic heterocycles. The molecule has 0 saturated heterocycles. The van der Waals surface area contributed by atoms with Crippen LogP contribution in [0, 0.1) is 13.8 Å². The second-order valence-corrected chi connectivity index (χ2v) is 7.75. The molecule has 0 atom stereocenters. The first-order chi connectivity index (χ1) is 14.5. The summed E-state index contributed by atoms with van der Waals surface area (Å²) < 4.78 is 4.00. The van der Waals surface area contributed by atoms with E-state index in [-0.39, 0.29) is 0 Å². The van der Waals surface area contributed by atoms with Crippen molar-refractivity contribution in [3.05, 3.63) is 71.9 Å². The van der Waals surface area contributed by atoms with E-state index in [9.17, 15) is 0 Å². The van der Waals surface area contributed by atoms with Crippen LogP contribution < -0.4 is 4.90 Å². The fourth-order valence-electron chi connectivity index (χ4n) is 3.83. The summed E-state index contributed by atoms with van der Waals surface area (Å²) >= 11 is 0. The molecular formula is C23H23N7. The zero-order valence-corrected chi connectivity index (χ0v) is 17.5. The molecule has 0 unspecified atom stereocenters. The quantitative estimate of drug-likeness (QED) is 0.461. The number of fused-ring (bicyclic) bond motifs is 3. The van der Waals surface area contributed by atoms with Gasteiger partial charge in [-0.25, -0.2) is 14.5 Å². The first-order valence-corrected chi connectivity index (χ1v) is 9.90. The van der Waals surface area contributed by atoms with Gasteiger partial charge in [0.05, 0.1) is 11.9 Å². The molecule has 0 aliphatic carbocycles. The summed E-state index contributed by atoms with van der Waals surface area (Å²) in [6.07, 6.45) is 5.44. The Morgan fingerprint density at radius 1 is 1.00 bits per heavy atom. The number of hydrogen-bond donors (Lipinski definition) is 0. The summed E-state index contributed by atoms with van der Waals surface area (Å²) in [5, 5.41) is 5.73. The fourth-order valence-corrected chi connectivity index (χ4v) is 3.83. The lowest BCUT2D eigenvalue weighted by Gasteiger charge is -2.11. The Kier molecular flexibility index (Phi) is 4.24. The number of aryl methyl sites for hydroxylation is 1. The van der Waals surface area contributed by atoms with Crippen molar-refractivity contribution in [1.82, 2.24) is 29.1 Å². The molecule has 150 valence electrons. The van der Waals surface area contributed by atoms with E-state index in [1.807, 2.05) is 26.4 Å². The number of pyridine rings is 1. The van der Waals surface area contributed by atoms with Crippen LogP contribution in [0.2, 0.25) is 0 Å². The van der Waals surface area contributed by atoms with Crippen molar-refractivity contribution < 1.29 is 0 Å². The van der Waals surface area contributed by atoms with Crippen molar-refractivity contribution in [3.8, 4) is 11.4 Å². The van der Waals surface area contributed by atoms with Gasteiger partial charge in [-0.2, -0.15) is 0 Å². The highest BCUT2D eigenvalue weighted by atomic mass is 15.3. The van der Waals surface area contributed by atoms with Crippen LogP contribution in [-0.2, 0) is 6.54 Å². The van der Waals surface area contributed by atoms with Crippen LogP contribution in [0.25, 0.3) is 28.1 Å². The number of rotatable bonds is 4. The molecule has 1 aromatic carbocycles. The molecule has 7 heteroatoms. The van der Waals surface area contributed by atoms with Crippen LogP contribution in [0.4, 0.5) is 5.69 Å². The summed E-state index contributed by atoms with van der Waals surface area (Å²) in [5.41, 5.74) is 7.37. The van der Waals surface area contributed by atoms with E-state index in [1.54, 1.807) is 17.0 Å². The number of hydrogen-bond acceptors (Lipinski definition) is 5. The average molecular weight is 397 g/mol. The molecule has 5 aromatic rings. The van der Waals surface area contributed by atoms with Gasteiger partial charge in [0.25, 0.3) is 0 Å². The molecule has 0 aliphatic rings. The molecular weight excluding hydrogens is 374 g/mol. The minimum Gasteiger partial charge on any atom is -0.378 e. The lowest BCUT2D eigenvalue weighted by molar-refractivity contribution is 0.783. The van der Waals surface area contributed by atoms with Crippen LogP contribution >= 0.6 is 0 Å². The molecule has 0 saturated carbocycles. The number of benzene rings is 1. The van der Waals surface area contributed by atoms with Gasteiger partial charge in [-0.05, 0) is 55.3 Å². The van der Waals surface area contributed by atoms with Gasteiger partial charge >= 0.3 is 0 Å². The molecule has 0 spiro atoms. The normalized spacial score (nSPS) is 11.5. The largest absolute Gasteiger partial charge is 0.378 e. The average Bonchev–Trinajstić information content (AvgIpc) is 3.30. The molecule has 0 radical (unpaired) electrons. The fraction of sp³-hybridized carbons (Fsp3) is 0.217. The van der Waals surface area contributed by atoms with Crippen LogP contribution in [0.5, 0.6) is 0 Å². The first-order valence-electron chi connectivity index (χ1n) is 9.90. The van der Waals surface area contributed by atoms with Crippen molar-refractivity contribution in [2.75, 3.05) is 19.0 Å². The van der Waals surface area contributed by atoms with Gasteiger partial charge in [-0.1, -0.05) is 6.07 Å². The summed E-state index contributed by atoms with van der Waals surface area (Å²) in [5.74, 6) is 0.701. The maximum atomic E-state index is 4.88. The van der Waals surface area contributed by atoms with E-state index in [1.165, 1.54) is 11.3 Å². The molecule has 0 bridgehead atoms. The van der Waals surface area contributed by atoms with Gasteiger partial charge in [0.1, 0.15) is 12.0 Å². The second-order valence-electron chi connectivity index (χ2n) is 7.75. The Hall–Kier alpha value is -3.74. The molecule has 0 amide bonds. The predicted molar refractivity (Wildman–Crippen MR) is 119 cm³/mol. The lowest BCUT2D eigenvalue weighted by Crippen LogP contribution is -2.07. The SMILES string of the molecule is Cc1c(C)n(Cc2cccnc2)c2ncn3nc(-c4ccc(N(C)C)cc4)nc3c12. The maximum Gasteiger partial charge on any atom is 0.182 e. The first kappa shape index (κ1) is 18.3. The summed E-state index contributed by atoms with van der Waals surface area (Å²) in [4.78, 5) is 15.9. The highest BCUT2D eigenvalue weighted by Crippen LogP contribution is 2.29. The third-order valence-corrected chi connectivity index (χ3v) is 5.65. The molecule has 5 rings (SSSR count). The molecule has 7 nitrogen and oxygen atoms in total. The van der Waals surface area contributed by atoms with Crippen LogP contribution in [0.1, 0.15) is 16.8 Å². The maximum absolute atomic E-state index is 4.88. The summed E-state index contributed by atoms with van der Waals surface area (Å²) in [6, 6.07) is 12.3. The Labute approximate surface area is 174 Å². The number of nitrogens with zero attached hydrogens (tertiary/aromatic N) is 7. The smallest absolute Gasteiger partial charge is 0.182 e. The molecule has 4 heterocycles. The van der Waals surface area contributed by atoms with Crippen LogP contribution in [0.3, 0.4) is 0 Å².